The van der Waals surface area contributed by atoms with Crippen molar-refractivity contribution < 1.29 is 9.90 Å². The Morgan fingerprint density at radius 1 is 1.15 bits per heavy atom. The van der Waals surface area contributed by atoms with Gasteiger partial charge in [0.05, 0.1) is 5.56 Å². The van der Waals surface area contributed by atoms with Gasteiger partial charge in [-0.3, -0.25) is 4.79 Å². The second kappa shape index (κ2) is 5.65. The van der Waals surface area contributed by atoms with Crippen LogP contribution in [0.4, 0.5) is 11.4 Å². The second-order valence-corrected chi connectivity index (χ2v) is 4.92. The number of rotatable bonds is 3. The molecule has 0 aliphatic carbocycles. The Morgan fingerprint density at radius 2 is 1.90 bits per heavy atom. The average Bonchev–Trinajstić information content (AvgIpc) is 2.38. The number of benzene rings is 2. The van der Waals surface area contributed by atoms with Crippen molar-refractivity contribution in [2.45, 2.75) is 6.92 Å². The molecule has 0 saturated heterocycles. The molecule has 4 heteroatoms. The van der Waals surface area contributed by atoms with Crippen LogP contribution in [0.5, 0.6) is 5.75 Å². The third-order valence-electron chi connectivity index (χ3n) is 3.02. The highest BCUT2D eigenvalue weighted by atomic mass is 16.3. The molecule has 2 rings (SSSR count). The summed E-state index contributed by atoms with van der Waals surface area (Å²) in [7, 11) is 3.87. The maximum Gasteiger partial charge on any atom is 0.259 e. The molecule has 0 fully saturated rings. The number of amides is 1. The first kappa shape index (κ1) is 13.9. The summed E-state index contributed by atoms with van der Waals surface area (Å²) in [6.07, 6.45) is 0. The average molecular weight is 270 g/mol. The summed E-state index contributed by atoms with van der Waals surface area (Å²) in [5, 5.41) is 12.6. The van der Waals surface area contributed by atoms with Gasteiger partial charge in [-0.15, -0.1) is 0 Å². The van der Waals surface area contributed by atoms with E-state index in [4.69, 9.17) is 0 Å². The summed E-state index contributed by atoms with van der Waals surface area (Å²) in [6, 6.07) is 12.5. The lowest BCUT2D eigenvalue weighted by molar-refractivity contribution is 0.102. The van der Waals surface area contributed by atoms with Crippen molar-refractivity contribution in [3.05, 3.63) is 53.6 Å². The summed E-state index contributed by atoms with van der Waals surface area (Å²) in [5.41, 5.74) is 2.87. The number of phenols is 1. The number of anilines is 2. The molecule has 0 aromatic heterocycles. The molecule has 0 aliphatic heterocycles. The lowest BCUT2D eigenvalue weighted by Gasteiger charge is -2.14. The van der Waals surface area contributed by atoms with Gasteiger partial charge in [-0.2, -0.15) is 0 Å². The van der Waals surface area contributed by atoms with Gasteiger partial charge in [-0.25, -0.2) is 0 Å². The minimum absolute atomic E-state index is 0.00809. The van der Waals surface area contributed by atoms with E-state index in [-0.39, 0.29) is 17.2 Å². The van der Waals surface area contributed by atoms with E-state index in [9.17, 15) is 9.90 Å². The van der Waals surface area contributed by atoms with Gasteiger partial charge in [0.25, 0.3) is 5.91 Å². The van der Waals surface area contributed by atoms with Gasteiger partial charge in [-0.1, -0.05) is 12.1 Å². The predicted molar refractivity (Wildman–Crippen MR) is 81.6 cm³/mol. The first-order valence-electron chi connectivity index (χ1n) is 6.36. The van der Waals surface area contributed by atoms with E-state index in [2.05, 4.69) is 5.32 Å². The highest BCUT2D eigenvalue weighted by Gasteiger charge is 2.11. The monoisotopic (exact) mass is 270 g/mol. The topological polar surface area (TPSA) is 52.6 Å². The number of aryl methyl sites for hydroxylation is 1. The Balaban J connectivity index is 2.21. The van der Waals surface area contributed by atoms with Crippen molar-refractivity contribution in [3.8, 4) is 5.75 Å². The number of hydrogen-bond donors (Lipinski definition) is 2. The Hall–Kier alpha value is -2.49. The highest BCUT2D eigenvalue weighted by molar-refractivity contribution is 6.06. The van der Waals surface area contributed by atoms with Gasteiger partial charge in [-0.05, 0) is 42.8 Å². The third kappa shape index (κ3) is 3.09. The Labute approximate surface area is 118 Å². The van der Waals surface area contributed by atoms with E-state index < -0.39 is 0 Å². The van der Waals surface area contributed by atoms with Crippen LogP contribution >= 0.6 is 0 Å². The zero-order valence-electron chi connectivity index (χ0n) is 11.8. The molecule has 4 nitrogen and oxygen atoms in total. The molecule has 1 amide bonds. The van der Waals surface area contributed by atoms with E-state index in [0.29, 0.717) is 5.69 Å². The zero-order valence-corrected chi connectivity index (χ0v) is 11.8. The van der Waals surface area contributed by atoms with Crippen LogP contribution in [0.3, 0.4) is 0 Å². The fraction of sp³-hybridized carbons (Fsp3) is 0.188. The van der Waals surface area contributed by atoms with Crippen LogP contribution in [-0.2, 0) is 0 Å². The van der Waals surface area contributed by atoms with Crippen molar-refractivity contribution in [1.82, 2.24) is 0 Å². The van der Waals surface area contributed by atoms with Gasteiger partial charge in [0.15, 0.2) is 0 Å². The van der Waals surface area contributed by atoms with Crippen molar-refractivity contribution >= 4 is 17.3 Å². The van der Waals surface area contributed by atoms with E-state index in [1.54, 1.807) is 18.2 Å². The number of phenolic OH excluding ortho intramolecular Hbond substituents is 1. The number of nitrogens with one attached hydrogen (secondary N) is 1. The Bertz CT molecular complexity index is 636. The molecular formula is C16H18N2O2. The summed E-state index contributed by atoms with van der Waals surface area (Å²) < 4.78 is 0. The second-order valence-electron chi connectivity index (χ2n) is 4.92. The van der Waals surface area contributed by atoms with Crippen LogP contribution in [0.25, 0.3) is 0 Å². The van der Waals surface area contributed by atoms with Gasteiger partial charge in [0, 0.05) is 25.5 Å². The maximum atomic E-state index is 12.1. The molecule has 0 spiro atoms. The van der Waals surface area contributed by atoms with Crippen LogP contribution in [-0.4, -0.2) is 25.1 Å². The van der Waals surface area contributed by atoms with E-state index in [1.807, 2.05) is 50.2 Å². The van der Waals surface area contributed by atoms with Crippen molar-refractivity contribution in [2.75, 3.05) is 24.3 Å². The fourth-order valence-corrected chi connectivity index (χ4v) is 1.89. The molecule has 0 aliphatic rings. The fourth-order valence-electron chi connectivity index (χ4n) is 1.89. The van der Waals surface area contributed by atoms with E-state index >= 15 is 0 Å². The van der Waals surface area contributed by atoms with Crippen LogP contribution in [0.2, 0.25) is 0 Å². The number of hydrogen-bond acceptors (Lipinski definition) is 3. The molecule has 20 heavy (non-hydrogen) atoms. The summed E-state index contributed by atoms with van der Waals surface area (Å²) in [5.74, 6) is -0.329. The van der Waals surface area contributed by atoms with E-state index in [0.717, 1.165) is 11.3 Å². The minimum Gasteiger partial charge on any atom is -0.507 e. The Morgan fingerprint density at radius 3 is 2.55 bits per heavy atom. The Kier molecular flexibility index (Phi) is 3.94. The summed E-state index contributed by atoms with van der Waals surface area (Å²) >= 11 is 0. The zero-order chi connectivity index (χ0) is 14.7. The molecule has 0 bridgehead atoms. The van der Waals surface area contributed by atoms with Crippen LogP contribution in [0, 0.1) is 6.92 Å². The van der Waals surface area contributed by atoms with Crippen LogP contribution < -0.4 is 10.2 Å². The quantitative estimate of drug-likeness (QED) is 0.901. The molecule has 2 N–H and O–H groups in total. The number of nitrogens with zero attached hydrogens (tertiary/aromatic N) is 1. The maximum absolute atomic E-state index is 12.1. The van der Waals surface area contributed by atoms with Crippen molar-refractivity contribution in [1.29, 1.82) is 0 Å². The third-order valence-corrected chi connectivity index (χ3v) is 3.02. The normalized spacial score (nSPS) is 10.2. The molecule has 0 atom stereocenters. The molecule has 0 radical (unpaired) electrons. The molecule has 0 heterocycles. The largest absolute Gasteiger partial charge is 0.507 e. The molecule has 104 valence electrons. The molecular weight excluding hydrogens is 252 g/mol. The lowest BCUT2D eigenvalue weighted by atomic mass is 10.1. The van der Waals surface area contributed by atoms with Crippen molar-refractivity contribution in [3.63, 3.8) is 0 Å². The standard InChI is InChI=1S/C16H18N2O2/c1-11-7-8-14(15(19)9-11)16(20)17-12-5-4-6-13(10-12)18(2)3/h4-10,19H,1-3H3,(H,17,20). The summed E-state index contributed by atoms with van der Waals surface area (Å²) in [4.78, 5) is 14.1. The molecule has 2 aromatic rings. The summed E-state index contributed by atoms with van der Waals surface area (Å²) in [6.45, 7) is 1.86. The predicted octanol–water partition coefficient (Wildman–Crippen LogP) is 3.02. The van der Waals surface area contributed by atoms with Crippen molar-refractivity contribution in [2.24, 2.45) is 0 Å². The first-order valence-corrected chi connectivity index (χ1v) is 6.36. The SMILES string of the molecule is Cc1ccc(C(=O)Nc2cccc(N(C)C)c2)c(O)c1. The number of carbonyl (C=O) groups is 1. The smallest absolute Gasteiger partial charge is 0.259 e. The van der Waals surface area contributed by atoms with Gasteiger partial charge >= 0.3 is 0 Å². The first-order chi connectivity index (χ1) is 9.47. The van der Waals surface area contributed by atoms with Gasteiger partial charge in [0.1, 0.15) is 5.75 Å². The van der Waals surface area contributed by atoms with Crippen LogP contribution in [0.15, 0.2) is 42.5 Å². The molecule has 2 aromatic carbocycles. The minimum atomic E-state index is -0.321. The van der Waals surface area contributed by atoms with Crippen LogP contribution in [0.1, 0.15) is 15.9 Å². The van der Waals surface area contributed by atoms with Gasteiger partial charge in [0.2, 0.25) is 0 Å². The van der Waals surface area contributed by atoms with Gasteiger partial charge < -0.3 is 15.3 Å². The molecule has 0 unspecified atom stereocenters. The highest BCUT2D eigenvalue weighted by Crippen LogP contribution is 2.22. The molecule has 0 saturated carbocycles. The lowest BCUT2D eigenvalue weighted by Crippen LogP contribution is -2.13. The number of carbonyl (C=O) groups excluding carboxylic acids is 1. The van der Waals surface area contributed by atoms with E-state index in [1.165, 1.54) is 0 Å². The number of aromatic hydroxyl groups is 1.